The first kappa shape index (κ1) is 21.4. The number of aliphatic hydroxyl groups is 1. The number of methoxy groups -OCH3 is 1. The Hall–Kier alpha value is -2.93. The first-order valence-electron chi connectivity index (χ1n) is 9.02. The molecule has 7 nitrogen and oxygen atoms in total. The lowest BCUT2D eigenvalue weighted by Crippen LogP contribution is -2.40. The summed E-state index contributed by atoms with van der Waals surface area (Å²) in [6, 6.07) is 8.38. The maximum Gasteiger partial charge on any atom is 0.270 e. The lowest BCUT2D eigenvalue weighted by atomic mass is 10.0. The SMILES string of the molecule is COc1ccc(C(C)O)cc1CC(=O)Nc1ccnc(C(=O)NC(C)(C)C)c1. The van der Waals surface area contributed by atoms with Crippen molar-refractivity contribution in [3.05, 3.63) is 53.3 Å². The number of hydrogen-bond donors (Lipinski definition) is 3. The molecule has 0 aliphatic heterocycles. The highest BCUT2D eigenvalue weighted by Crippen LogP contribution is 2.24. The van der Waals surface area contributed by atoms with E-state index in [-0.39, 0.29) is 29.5 Å². The molecule has 28 heavy (non-hydrogen) atoms. The van der Waals surface area contributed by atoms with Gasteiger partial charge in [-0.2, -0.15) is 0 Å². The number of hydrogen-bond acceptors (Lipinski definition) is 5. The second-order valence-electron chi connectivity index (χ2n) is 7.61. The van der Waals surface area contributed by atoms with Gasteiger partial charge in [-0.05, 0) is 57.5 Å². The van der Waals surface area contributed by atoms with Gasteiger partial charge >= 0.3 is 0 Å². The molecule has 0 fully saturated rings. The molecule has 1 unspecified atom stereocenters. The van der Waals surface area contributed by atoms with E-state index in [9.17, 15) is 14.7 Å². The van der Waals surface area contributed by atoms with Crippen LogP contribution in [0.3, 0.4) is 0 Å². The fraction of sp³-hybridized carbons (Fsp3) is 0.381. The Morgan fingerprint density at radius 3 is 2.54 bits per heavy atom. The molecular formula is C21H27N3O4. The minimum Gasteiger partial charge on any atom is -0.496 e. The molecule has 0 saturated carbocycles. The molecule has 1 atom stereocenters. The van der Waals surface area contributed by atoms with E-state index in [2.05, 4.69) is 15.6 Å². The number of amides is 2. The van der Waals surface area contributed by atoms with Gasteiger partial charge in [0.1, 0.15) is 11.4 Å². The van der Waals surface area contributed by atoms with Crippen LogP contribution in [0.5, 0.6) is 5.75 Å². The highest BCUT2D eigenvalue weighted by Gasteiger charge is 2.17. The van der Waals surface area contributed by atoms with Crippen molar-refractivity contribution in [1.29, 1.82) is 0 Å². The molecule has 2 rings (SSSR count). The van der Waals surface area contributed by atoms with Crippen LogP contribution in [0.2, 0.25) is 0 Å². The summed E-state index contributed by atoms with van der Waals surface area (Å²) in [5.41, 5.74) is 1.68. The lowest BCUT2D eigenvalue weighted by Gasteiger charge is -2.20. The minimum absolute atomic E-state index is 0.0651. The van der Waals surface area contributed by atoms with Gasteiger partial charge in [-0.25, -0.2) is 0 Å². The molecule has 150 valence electrons. The molecule has 2 amide bonds. The monoisotopic (exact) mass is 385 g/mol. The largest absolute Gasteiger partial charge is 0.496 e. The van der Waals surface area contributed by atoms with Gasteiger partial charge in [-0.3, -0.25) is 14.6 Å². The van der Waals surface area contributed by atoms with Gasteiger partial charge in [0.25, 0.3) is 5.91 Å². The number of nitrogens with one attached hydrogen (secondary N) is 2. The molecule has 0 spiro atoms. The zero-order valence-corrected chi connectivity index (χ0v) is 16.9. The number of aromatic nitrogens is 1. The van der Waals surface area contributed by atoms with Crippen LogP contribution in [0, 0.1) is 0 Å². The molecule has 0 radical (unpaired) electrons. The van der Waals surface area contributed by atoms with Gasteiger partial charge < -0.3 is 20.5 Å². The molecule has 2 aromatic rings. The van der Waals surface area contributed by atoms with Crippen LogP contribution >= 0.6 is 0 Å². The van der Waals surface area contributed by atoms with Gasteiger partial charge in [0.2, 0.25) is 5.91 Å². The van der Waals surface area contributed by atoms with Crippen LogP contribution in [0.1, 0.15) is 55.4 Å². The molecule has 7 heteroatoms. The average molecular weight is 385 g/mol. The van der Waals surface area contributed by atoms with Gasteiger partial charge in [-0.15, -0.1) is 0 Å². The Bertz CT molecular complexity index is 857. The summed E-state index contributed by atoms with van der Waals surface area (Å²) in [5.74, 6) is -0.0103. The molecule has 1 aromatic carbocycles. The number of carbonyl (C=O) groups is 2. The van der Waals surface area contributed by atoms with E-state index in [4.69, 9.17) is 4.74 Å². The maximum atomic E-state index is 12.5. The van der Waals surface area contributed by atoms with E-state index < -0.39 is 6.10 Å². The van der Waals surface area contributed by atoms with Crippen molar-refractivity contribution in [2.45, 2.75) is 45.8 Å². The topological polar surface area (TPSA) is 101 Å². The predicted molar refractivity (Wildman–Crippen MR) is 107 cm³/mol. The highest BCUT2D eigenvalue weighted by atomic mass is 16.5. The first-order valence-corrected chi connectivity index (χ1v) is 9.02. The number of pyridine rings is 1. The Morgan fingerprint density at radius 2 is 1.93 bits per heavy atom. The molecule has 0 saturated heterocycles. The summed E-state index contributed by atoms with van der Waals surface area (Å²) in [6.45, 7) is 7.30. The van der Waals surface area contributed by atoms with Crippen molar-refractivity contribution in [3.8, 4) is 5.75 Å². The zero-order valence-electron chi connectivity index (χ0n) is 16.9. The fourth-order valence-corrected chi connectivity index (χ4v) is 2.61. The van der Waals surface area contributed by atoms with E-state index in [0.29, 0.717) is 22.6 Å². The number of benzene rings is 1. The van der Waals surface area contributed by atoms with Crippen LogP contribution < -0.4 is 15.4 Å². The van der Waals surface area contributed by atoms with Crippen molar-refractivity contribution in [2.24, 2.45) is 0 Å². The predicted octanol–water partition coefficient (Wildman–Crippen LogP) is 2.85. The normalized spacial score (nSPS) is 12.2. The summed E-state index contributed by atoms with van der Waals surface area (Å²) >= 11 is 0. The summed E-state index contributed by atoms with van der Waals surface area (Å²) in [6.07, 6.45) is 0.897. The van der Waals surface area contributed by atoms with E-state index >= 15 is 0 Å². The molecule has 1 heterocycles. The Balaban J connectivity index is 2.13. The van der Waals surface area contributed by atoms with E-state index in [1.165, 1.54) is 19.4 Å². The number of anilines is 1. The van der Waals surface area contributed by atoms with Crippen molar-refractivity contribution in [1.82, 2.24) is 10.3 Å². The molecule has 0 aliphatic rings. The fourth-order valence-electron chi connectivity index (χ4n) is 2.61. The Morgan fingerprint density at radius 1 is 1.21 bits per heavy atom. The van der Waals surface area contributed by atoms with E-state index in [1.54, 1.807) is 31.2 Å². The number of carbonyl (C=O) groups excluding carboxylic acids is 2. The van der Waals surface area contributed by atoms with E-state index in [0.717, 1.165) is 0 Å². The van der Waals surface area contributed by atoms with Crippen molar-refractivity contribution in [3.63, 3.8) is 0 Å². The third-order valence-corrected chi connectivity index (χ3v) is 3.90. The quantitative estimate of drug-likeness (QED) is 0.710. The first-order chi connectivity index (χ1) is 13.1. The standard InChI is InChI=1S/C21H27N3O4/c1-13(25)14-6-7-18(28-5)15(10-14)11-19(26)23-16-8-9-22-17(12-16)20(27)24-21(2,3)4/h6-10,12-13,25H,11H2,1-5H3,(H,24,27)(H,22,23,26). The van der Waals surface area contributed by atoms with Gasteiger partial charge in [0.05, 0.1) is 19.6 Å². The Labute approximate surface area is 165 Å². The second-order valence-corrected chi connectivity index (χ2v) is 7.61. The molecule has 0 bridgehead atoms. The summed E-state index contributed by atoms with van der Waals surface area (Å²) < 4.78 is 5.30. The molecular weight excluding hydrogens is 358 g/mol. The smallest absolute Gasteiger partial charge is 0.270 e. The van der Waals surface area contributed by atoms with Gasteiger partial charge in [0.15, 0.2) is 0 Å². The number of aliphatic hydroxyl groups excluding tert-OH is 1. The number of ether oxygens (including phenoxy) is 1. The zero-order chi connectivity index (χ0) is 20.9. The third kappa shape index (κ3) is 6.06. The maximum absolute atomic E-state index is 12.5. The van der Waals surface area contributed by atoms with Crippen LogP contribution in [0.4, 0.5) is 5.69 Å². The lowest BCUT2D eigenvalue weighted by molar-refractivity contribution is -0.115. The number of rotatable bonds is 6. The van der Waals surface area contributed by atoms with Crippen molar-refractivity contribution >= 4 is 17.5 Å². The van der Waals surface area contributed by atoms with Crippen LogP contribution in [0.15, 0.2) is 36.5 Å². The van der Waals surface area contributed by atoms with E-state index in [1.807, 2.05) is 20.8 Å². The van der Waals surface area contributed by atoms with Crippen LogP contribution in [0.25, 0.3) is 0 Å². The highest BCUT2D eigenvalue weighted by molar-refractivity contribution is 5.96. The van der Waals surface area contributed by atoms with Gasteiger partial charge in [0, 0.05) is 23.0 Å². The summed E-state index contributed by atoms with van der Waals surface area (Å²) in [5, 5.41) is 15.4. The second kappa shape index (κ2) is 8.84. The van der Waals surface area contributed by atoms with Crippen LogP contribution in [-0.2, 0) is 11.2 Å². The minimum atomic E-state index is -0.642. The number of nitrogens with zero attached hydrogens (tertiary/aromatic N) is 1. The van der Waals surface area contributed by atoms with Gasteiger partial charge in [-0.1, -0.05) is 6.07 Å². The molecule has 3 N–H and O–H groups in total. The summed E-state index contributed by atoms with van der Waals surface area (Å²) in [7, 11) is 1.53. The third-order valence-electron chi connectivity index (χ3n) is 3.90. The molecule has 0 aliphatic carbocycles. The van der Waals surface area contributed by atoms with Crippen molar-refractivity contribution < 1.29 is 19.4 Å². The Kier molecular flexibility index (Phi) is 6.75. The molecule has 1 aromatic heterocycles. The summed E-state index contributed by atoms with van der Waals surface area (Å²) in [4.78, 5) is 28.8. The van der Waals surface area contributed by atoms with Crippen molar-refractivity contribution in [2.75, 3.05) is 12.4 Å². The van der Waals surface area contributed by atoms with Crippen LogP contribution in [-0.4, -0.2) is 34.6 Å². The average Bonchev–Trinajstić information content (AvgIpc) is 2.60.